The predicted octanol–water partition coefficient (Wildman–Crippen LogP) is 4.08. The number of halogens is 2. The quantitative estimate of drug-likeness (QED) is 0.790. The molecule has 0 saturated heterocycles. The Morgan fingerprint density at radius 2 is 1.62 bits per heavy atom. The van der Waals surface area contributed by atoms with Crippen LogP contribution in [0.15, 0.2) is 30.3 Å². The molecule has 0 N–H and O–H groups in total. The van der Waals surface area contributed by atoms with Gasteiger partial charge in [-0.15, -0.1) is 0 Å². The molecule has 0 spiro atoms. The standard InChI is InChI=1S/C19H20F2NO2/c1-11-8-13-9-17(23-3)18(24-4)10-14(13)12(2)22(11)19-15(20)6-5-7-16(19)21/h5-7,9-11H,8H2,1-4H3/q+1. The molecule has 3 nitrogen and oxygen atoms in total. The van der Waals surface area contributed by atoms with Crippen LogP contribution in [0.4, 0.5) is 14.5 Å². The first-order chi connectivity index (χ1) is 11.5. The van der Waals surface area contributed by atoms with Crippen molar-refractivity contribution in [3.05, 3.63) is 53.1 Å². The van der Waals surface area contributed by atoms with Crippen molar-refractivity contribution in [1.82, 2.24) is 0 Å². The molecule has 0 radical (unpaired) electrons. The lowest BCUT2D eigenvalue weighted by Crippen LogP contribution is -2.33. The average Bonchev–Trinajstić information content (AvgIpc) is 2.56. The van der Waals surface area contributed by atoms with Crippen LogP contribution >= 0.6 is 0 Å². The van der Waals surface area contributed by atoms with E-state index < -0.39 is 11.6 Å². The smallest absolute Gasteiger partial charge is 0.277 e. The van der Waals surface area contributed by atoms with E-state index in [1.54, 1.807) is 18.8 Å². The molecule has 0 aromatic heterocycles. The minimum Gasteiger partial charge on any atom is -0.493 e. The Morgan fingerprint density at radius 3 is 2.21 bits per heavy atom. The fourth-order valence-electron chi connectivity index (χ4n) is 3.40. The van der Waals surface area contributed by atoms with Gasteiger partial charge in [0.15, 0.2) is 34.9 Å². The van der Waals surface area contributed by atoms with Crippen LogP contribution in [-0.2, 0) is 6.42 Å². The van der Waals surface area contributed by atoms with Crippen molar-refractivity contribution in [2.75, 3.05) is 14.2 Å². The third kappa shape index (κ3) is 2.54. The fraction of sp³-hybridized carbons (Fsp3) is 0.316. The summed E-state index contributed by atoms with van der Waals surface area (Å²) in [5.74, 6) is 0.121. The lowest BCUT2D eigenvalue weighted by Gasteiger charge is -2.23. The van der Waals surface area contributed by atoms with Crippen molar-refractivity contribution in [1.29, 1.82) is 0 Å². The molecule has 0 bridgehead atoms. The van der Waals surface area contributed by atoms with Gasteiger partial charge in [-0.3, -0.25) is 0 Å². The van der Waals surface area contributed by atoms with Crippen LogP contribution in [-0.4, -0.2) is 30.5 Å². The van der Waals surface area contributed by atoms with Crippen molar-refractivity contribution in [2.24, 2.45) is 0 Å². The molecule has 0 fully saturated rings. The van der Waals surface area contributed by atoms with Gasteiger partial charge in [-0.1, -0.05) is 6.07 Å². The number of methoxy groups -OCH3 is 2. The van der Waals surface area contributed by atoms with Crippen LogP contribution in [0.2, 0.25) is 0 Å². The number of hydrogen-bond acceptors (Lipinski definition) is 2. The van der Waals surface area contributed by atoms with Crippen LogP contribution in [0.3, 0.4) is 0 Å². The highest BCUT2D eigenvalue weighted by Crippen LogP contribution is 2.36. The summed E-state index contributed by atoms with van der Waals surface area (Å²) in [6.07, 6.45) is 0.654. The van der Waals surface area contributed by atoms with Crippen molar-refractivity contribution in [2.45, 2.75) is 26.3 Å². The third-order valence-corrected chi connectivity index (χ3v) is 4.50. The van der Waals surface area contributed by atoms with Crippen molar-refractivity contribution < 1.29 is 22.8 Å². The number of nitrogens with zero attached hydrogens (tertiary/aromatic N) is 1. The SMILES string of the molecule is COc1cc2c(cc1OC)C(C)=[N+](c1c(F)cccc1F)C(C)C2. The molecule has 5 heteroatoms. The van der Waals surface area contributed by atoms with E-state index in [9.17, 15) is 8.78 Å². The van der Waals surface area contributed by atoms with Gasteiger partial charge in [0.25, 0.3) is 5.69 Å². The molecule has 1 aliphatic heterocycles. The lowest BCUT2D eigenvalue weighted by molar-refractivity contribution is -0.486. The second kappa shape index (κ2) is 6.23. The van der Waals surface area contributed by atoms with Crippen molar-refractivity contribution in [3.63, 3.8) is 0 Å². The summed E-state index contributed by atoms with van der Waals surface area (Å²) in [5.41, 5.74) is 2.76. The van der Waals surface area contributed by atoms with Crippen molar-refractivity contribution in [3.8, 4) is 11.5 Å². The summed E-state index contributed by atoms with van der Waals surface area (Å²) in [7, 11) is 3.16. The summed E-state index contributed by atoms with van der Waals surface area (Å²) in [4.78, 5) is 0. The summed E-state index contributed by atoms with van der Waals surface area (Å²) >= 11 is 0. The first-order valence-electron chi connectivity index (χ1n) is 7.80. The predicted molar refractivity (Wildman–Crippen MR) is 88.8 cm³/mol. The second-order valence-electron chi connectivity index (χ2n) is 5.94. The maximum atomic E-state index is 14.3. The minimum absolute atomic E-state index is 0.0112. The van der Waals surface area contributed by atoms with Gasteiger partial charge in [0.1, 0.15) is 0 Å². The molecule has 24 heavy (non-hydrogen) atoms. The number of para-hydroxylation sites is 1. The Balaban J connectivity index is 2.26. The number of hydrogen-bond donors (Lipinski definition) is 0. The zero-order valence-corrected chi connectivity index (χ0v) is 14.2. The van der Waals surface area contributed by atoms with E-state index in [-0.39, 0.29) is 11.7 Å². The second-order valence-corrected chi connectivity index (χ2v) is 5.94. The molecule has 0 amide bonds. The summed E-state index contributed by atoms with van der Waals surface area (Å²) < 4.78 is 41.0. The minimum atomic E-state index is -0.565. The van der Waals surface area contributed by atoms with Crippen LogP contribution in [0.1, 0.15) is 25.0 Å². The van der Waals surface area contributed by atoms with Gasteiger partial charge >= 0.3 is 0 Å². The molecule has 1 aliphatic rings. The molecule has 1 unspecified atom stereocenters. The van der Waals surface area contributed by atoms with E-state index in [0.29, 0.717) is 17.9 Å². The van der Waals surface area contributed by atoms with Crippen LogP contribution in [0.25, 0.3) is 0 Å². The molecule has 1 atom stereocenters. The van der Waals surface area contributed by atoms with Crippen LogP contribution < -0.4 is 9.47 Å². The van der Waals surface area contributed by atoms with Gasteiger partial charge in [0, 0.05) is 18.9 Å². The van der Waals surface area contributed by atoms with Crippen molar-refractivity contribution >= 4 is 11.4 Å². The highest BCUT2D eigenvalue weighted by molar-refractivity contribution is 5.98. The number of ether oxygens (including phenoxy) is 2. The summed E-state index contributed by atoms with van der Waals surface area (Å²) in [6, 6.07) is 7.65. The fourth-order valence-corrected chi connectivity index (χ4v) is 3.40. The lowest BCUT2D eigenvalue weighted by atomic mass is 9.92. The Kier molecular flexibility index (Phi) is 4.26. The molecular formula is C19H20F2NO2+. The zero-order chi connectivity index (χ0) is 17.4. The largest absolute Gasteiger partial charge is 0.493 e. The maximum Gasteiger partial charge on any atom is 0.277 e. The van der Waals surface area contributed by atoms with Gasteiger partial charge in [0.2, 0.25) is 0 Å². The summed E-state index contributed by atoms with van der Waals surface area (Å²) in [5, 5.41) is 0. The van der Waals surface area contributed by atoms with Gasteiger partial charge in [-0.25, -0.2) is 0 Å². The highest BCUT2D eigenvalue weighted by atomic mass is 19.1. The Morgan fingerprint density at radius 1 is 1.04 bits per heavy atom. The monoisotopic (exact) mass is 332 g/mol. The van der Waals surface area contributed by atoms with E-state index in [0.717, 1.165) is 16.8 Å². The van der Waals surface area contributed by atoms with E-state index >= 15 is 0 Å². The van der Waals surface area contributed by atoms with E-state index in [1.165, 1.54) is 18.2 Å². The number of rotatable bonds is 3. The van der Waals surface area contributed by atoms with E-state index in [4.69, 9.17) is 9.47 Å². The topological polar surface area (TPSA) is 21.5 Å². The van der Waals surface area contributed by atoms with E-state index in [2.05, 4.69) is 0 Å². The molecule has 2 aromatic rings. The molecule has 0 saturated carbocycles. The first kappa shape index (κ1) is 16.4. The number of fused-ring (bicyclic) bond motifs is 1. The highest BCUT2D eigenvalue weighted by Gasteiger charge is 2.35. The molecule has 126 valence electrons. The third-order valence-electron chi connectivity index (χ3n) is 4.50. The average molecular weight is 332 g/mol. The maximum absolute atomic E-state index is 14.3. The van der Waals surface area contributed by atoms with E-state index in [1.807, 2.05) is 26.0 Å². The molecular weight excluding hydrogens is 312 g/mol. The molecule has 3 rings (SSSR count). The van der Waals surface area contributed by atoms with Gasteiger partial charge in [-0.05, 0) is 36.8 Å². The van der Waals surface area contributed by atoms with Gasteiger partial charge in [-0.2, -0.15) is 13.4 Å². The Hall–Kier alpha value is -2.43. The van der Waals surface area contributed by atoms with Gasteiger partial charge < -0.3 is 9.47 Å². The molecule has 1 heterocycles. The summed E-state index contributed by atoms with van der Waals surface area (Å²) in [6.45, 7) is 3.82. The Labute approximate surface area is 140 Å². The van der Waals surface area contributed by atoms with Gasteiger partial charge in [0.05, 0.1) is 14.2 Å². The molecule has 2 aromatic carbocycles. The number of benzene rings is 2. The van der Waals surface area contributed by atoms with Crippen LogP contribution in [0, 0.1) is 11.6 Å². The first-order valence-corrected chi connectivity index (χ1v) is 7.80. The van der Waals surface area contributed by atoms with Crippen LogP contribution in [0.5, 0.6) is 11.5 Å². The normalized spacial score (nSPS) is 16.8. The zero-order valence-electron chi connectivity index (χ0n) is 14.2. The Bertz CT molecular complexity index is 810. The molecule has 0 aliphatic carbocycles.